The van der Waals surface area contributed by atoms with Crippen LogP contribution in [0.1, 0.15) is 41.6 Å². The predicted octanol–water partition coefficient (Wildman–Crippen LogP) is 3.65. The predicted molar refractivity (Wildman–Crippen MR) is 68.9 cm³/mol. The molecule has 1 N–H and O–H groups in total. The fourth-order valence-electron chi connectivity index (χ4n) is 2.34. The van der Waals surface area contributed by atoms with E-state index in [9.17, 15) is 5.11 Å². The van der Waals surface area contributed by atoms with E-state index < -0.39 is 6.10 Å². The number of benzene rings is 2. The molecule has 1 aliphatic carbocycles. The van der Waals surface area contributed by atoms with Crippen LogP contribution in [-0.4, -0.2) is 5.11 Å². The van der Waals surface area contributed by atoms with Gasteiger partial charge in [0.1, 0.15) is 6.10 Å². The van der Waals surface area contributed by atoms with E-state index in [0.717, 1.165) is 11.1 Å². The summed E-state index contributed by atoms with van der Waals surface area (Å²) < 4.78 is 0. The second-order valence-electron chi connectivity index (χ2n) is 4.72. The Hall–Kier alpha value is -1.60. The lowest BCUT2D eigenvalue weighted by molar-refractivity contribution is 0.219. The molecule has 0 aliphatic heterocycles. The molecule has 1 unspecified atom stereocenters. The minimum absolute atomic E-state index is 0.493. The number of aliphatic hydroxyl groups is 1. The molecular weight excluding hydrogens is 208 g/mol. The van der Waals surface area contributed by atoms with Crippen molar-refractivity contribution in [2.45, 2.75) is 24.9 Å². The Balaban J connectivity index is 1.98. The molecule has 0 amide bonds. The molecule has 1 saturated carbocycles. The quantitative estimate of drug-likeness (QED) is 0.843. The highest BCUT2D eigenvalue weighted by Gasteiger charge is 2.27. The lowest BCUT2D eigenvalue weighted by Crippen LogP contribution is -2.02. The van der Waals surface area contributed by atoms with Crippen LogP contribution in [0.3, 0.4) is 0 Å². The largest absolute Gasteiger partial charge is 0.384 e. The van der Waals surface area contributed by atoms with E-state index in [0.29, 0.717) is 5.92 Å². The van der Waals surface area contributed by atoms with Gasteiger partial charge in [-0.15, -0.1) is 0 Å². The summed E-state index contributed by atoms with van der Waals surface area (Å²) in [5.74, 6) is 0.671. The molecule has 1 heteroatoms. The maximum absolute atomic E-state index is 10.4. The summed E-state index contributed by atoms with van der Waals surface area (Å²) in [4.78, 5) is 0. The van der Waals surface area contributed by atoms with E-state index in [2.05, 4.69) is 12.1 Å². The Kier molecular flexibility index (Phi) is 2.69. The number of aliphatic hydroxyl groups excluding tert-OH is 1. The average molecular weight is 224 g/mol. The number of hydrogen-bond acceptors (Lipinski definition) is 1. The van der Waals surface area contributed by atoms with E-state index in [1.807, 2.05) is 42.5 Å². The first kappa shape index (κ1) is 10.5. The third kappa shape index (κ3) is 2.11. The zero-order valence-corrected chi connectivity index (χ0v) is 9.71. The highest BCUT2D eigenvalue weighted by atomic mass is 16.3. The molecule has 0 saturated heterocycles. The normalized spacial score (nSPS) is 16.8. The second kappa shape index (κ2) is 4.34. The zero-order chi connectivity index (χ0) is 11.7. The van der Waals surface area contributed by atoms with Gasteiger partial charge in [-0.1, -0.05) is 54.6 Å². The molecule has 2 aromatic carbocycles. The van der Waals surface area contributed by atoms with Crippen molar-refractivity contribution < 1.29 is 5.11 Å². The molecule has 1 aliphatic rings. The van der Waals surface area contributed by atoms with Crippen molar-refractivity contribution in [1.29, 1.82) is 0 Å². The van der Waals surface area contributed by atoms with E-state index in [-0.39, 0.29) is 0 Å². The van der Waals surface area contributed by atoms with Crippen molar-refractivity contribution >= 4 is 0 Å². The van der Waals surface area contributed by atoms with Gasteiger partial charge in [0.15, 0.2) is 0 Å². The van der Waals surface area contributed by atoms with Crippen LogP contribution in [0.15, 0.2) is 54.6 Å². The Labute approximate surface area is 102 Å². The third-order valence-corrected chi connectivity index (χ3v) is 3.42. The fraction of sp³-hybridized carbons (Fsp3) is 0.250. The first-order chi connectivity index (χ1) is 8.36. The molecule has 0 heterocycles. The van der Waals surface area contributed by atoms with E-state index in [1.165, 1.54) is 18.4 Å². The summed E-state index contributed by atoms with van der Waals surface area (Å²) in [6, 6.07) is 18.1. The van der Waals surface area contributed by atoms with Crippen LogP contribution in [0.4, 0.5) is 0 Å². The molecule has 0 radical (unpaired) electrons. The Bertz CT molecular complexity index is 500. The van der Waals surface area contributed by atoms with Gasteiger partial charge < -0.3 is 5.11 Å². The number of rotatable bonds is 3. The van der Waals surface area contributed by atoms with Crippen molar-refractivity contribution in [3.8, 4) is 0 Å². The molecule has 1 nitrogen and oxygen atoms in total. The highest BCUT2D eigenvalue weighted by molar-refractivity contribution is 5.39. The van der Waals surface area contributed by atoms with E-state index in [4.69, 9.17) is 0 Å². The Morgan fingerprint density at radius 2 is 1.53 bits per heavy atom. The summed E-state index contributed by atoms with van der Waals surface area (Å²) in [6.45, 7) is 0. The summed E-state index contributed by atoms with van der Waals surface area (Å²) in [5, 5.41) is 10.4. The van der Waals surface area contributed by atoms with E-state index in [1.54, 1.807) is 0 Å². The van der Waals surface area contributed by atoms with Crippen LogP contribution in [0.2, 0.25) is 0 Å². The van der Waals surface area contributed by atoms with Crippen molar-refractivity contribution in [3.63, 3.8) is 0 Å². The zero-order valence-electron chi connectivity index (χ0n) is 9.71. The molecule has 86 valence electrons. The van der Waals surface area contributed by atoms with Gasteiger partial charge in [-0.05, 0) is 35.4 Å². The van der Waals surface area contributed by atoms with Gasteiger partial charge in [0.05, 0.1) is 0 Å². The first-order valence-corrected chi connectivity index (χ1v) is 6.18. The van der Waals surface area contributed by atoms with Crippen molar-refractivity contribution in [3.05, 3.63) is 71.3 Å². The van der Waals surface area contributed by atoms with E-state index >= 15 is 0 Å². The topological polar surface area (TPSA) is 20.2 Å². The van der Waals surface area contributed by atoms with Crippen molar-refractivity contribution in [2.75, 3.05) is 0 Å². The van der Waals surface area contributed by atoms with Crippen LogP contribution in [0.25, 0.3) is 0 Å². The minimum atomic E-state index is -0.493. The molecular formula is C16H16O. The van der Waals surface area contributed by atoms with Gasteiger partial charge in [-0.3, -0.25) is 0 Å². The summed E-state index contributed by atoms with van der Waals surface area (Å²) in [6.07, 6.45) is 2.03. The SMILES string of the molecule is OC(c1ccccc1)c1ccccc1C1CC1. The van der Waals surface area contributed by atoms with Crippen molar-refractivity contribution in [1.82, 2.24) is 0 Å². The molecule has 0 aromatic heterocycles. The Morgan fingerprint density at radius 1 is 0.882 bits per heavy atom. The van der Waals surface area contributed by atoms with Crippen LogP contribution in [0.5, 0.6) is 0 Å². The summed E-state index contributed by atoms with van der Waals surface area (Å²) >= 11 is 0. The summed E-state index contributed by atoms with van der Waals surface area (Å²) in [7, 11) is 0. The molecule has 1 atom stereocenters. The van der Waals surface area contributed by atoms with Gasteiger partial charge >= 0.3 is 0 Å². The van der Waals surface area contributed by atoms with Gasteiger partial charge in [-0.25, -0.2) is 0 Å². The second-order valence-corrected chi connectivity index (χ2v) is 4.72. The van der Waals surface area contributed by atoms with Gasteiger partial charge in [0.2, 0.25) is 0 Å². The van der Waals surface area contributed by atoms with Gasteiger partial charge in [-0.2, -0.15) is 0 Å². The average Bonchev–Trinajstić information content (AvgIpc) is 3.23. The highest BCUT2D eigenvalue weighted by Crippen LogP contribution is 2.43. The molecule has 0 bridgehead atoms. The fourth-order valence-corrected chi connectivity index (χ4v) is 2.34. The van der Waals surface area contributed by atoms with Crippen LogP contribution >= 0.6 is 0 Å². The van der Waals surface area contributed by atoms with Crippen molar-refractivity contribution in [2.24, 2.45) is 0 Å². The lowest BCUT2D eigenvalue weighted by atomic mass is 9.94. The number of hydrogen-bond donors (Lipinski definition) is 1. The molecule has 0 spiro atoms. The standard InChI is InChI=1S/C16H16O/c17-16(13-6-2-1-3-7-13)15-9-5-4-8-14(15)12-10-11-12/h1-9,12,16-17H,10-11H2. The van der Waals surface area contributed by atoms with Crippen LogP contribution < -0.4 is 0 Å². The first-order valence-electron chi connectivity index (χ1n) is 6.18. The minimum Gasteiger partial charge on any atom is -0.384 e. The van der Waals surface area contributed by atoms with Gasteiger partial charge in [0, 0.05) is 0 Å². The van der Waals surface area contributed by atoms with Crippen LogP contribution in [0, 0.1) is 0 Å². The Morgan fingerprint density at radius 3 is 2.24 bits per heavy atom. The third-order valence-electron chi connectivity index (χ3n) is 3.42. The molecule has 1 fully saturated rings. The lowest BCUT2D eigenvalue weighted by Gasteiger charge is -2.15. The molecule has 2 aromatic rings. The smallest absolute Gasteiger partial charge is 0.104 e. The van der Waals surface area contributed by atoms with Crippen LogP contribution in [-0.2, 0) is 0 Å². The maximum atomic E-state index is 10.4. The maximum Gasteiger partial charge on any atom is 0.104 e. The molecule has 3 rings (SSSR count). The van der Waals surface area contributed by atoms with Gasteiger partial charge in [0.25, 0.3) is 0 Å². The molecule has 17 heavy (non-hydrogen) atoms. The summed E-state index contributed by atoms with van der Waals surface area (Å²) in [5.41, 5.74) is 3.37. The monoisotopic (exact) mass is 224 g/mol.